The number of halogens is 1. The minimum absolute atomic E-state index is 0.110. The van der Waals surface area contributed by atoms with Crippen LogP contribution in [-0.4, -0.2) is 29.1 Å². The van der Waals surface area contributed by atoms with Crippen molar-refractivity contribution in [3.8, 4) is 0 Å². The highest BCUT2D eigenvalue weighted by Crippen LogP contribution is 2.20. The van der Waals surface area contributed by atoms with E-state index in [1.54, 1.807) is 12.1 Å². The van der Waals surface area contributed by atoms with Gasteiger partial charge in [0.1, 0.15) is 10.6 Å². The monoisotopic (exact) mass is 359 g/mol. The molecule has 0 saturated heterocycles. The molecule has 0 aliphatic heterocycles. The van der Waals surface area contributed by atoms with Gasteiger partial charge in [0, 0.05) is 23.9 Å². The third-order valence-corrected chi connectivity index (χ3v) is 3.86. The van der Waals surface area contributed by atoms with Gasteiger partial charge < -0.3 is 5.32 Å². The maximum atomic E-state index is 12.0. The van der Waals surface area contributed by atoms with E-state index in [2.05, 4.69) is 31.3 Å². The Labute approximate surface area is 123 Å². The van der Waals surface area contributed by atoms with Crippen molar-refractivity contribution >= 4 is 37.7 Å². The van der Waals surface area contributed by atoms with Gasteiger partial charge in [0.05, 0.1) is 0 Å². The normalized spacial score (nSPS) is 11.3. The molecule has 3 N–H and O–H groups in total. The van der Waals surface area contributed by atoms with Gasteiger partial charge in [-0.3, -0.25) is 9.48 Å². The predicted molar refractivity (Wildman–Crippen MR) is 74.5 cm³/mol. The van der Waals surface area contributed by atoms with Crippen LogP contribution in [0.25, 0.3) is 0 Å². The largest absolute Gasteiger partial charge is 0.303 e. The van der Waals surface area contributed by atoms with Gasteiger partial charge >= 0.3 is 0 Å². The molecule has 0 saturated carbocycles. The van der Waals surface area contributed by atoms with Gasteiger partial charge in [-0.05, 0) is 28.1 Å². The lowest BCUT2D eigenvalue weighted by atomic mass is 10.3. The summed E-state index contributed by atoms with van der Waals surface area (Å²) < 4.78 is 24.5. The van der Waals surface area contributed by atoms with Gasteiger partial charge in [0.15, 0.2) is 5.82 Å². The number of aryl methyl sites for hydroxylation is 1. The Balaban J connectivity index is 2.37. The van der Waals surface area contributed by atoms with E-state index in [1.165, 1.54) is 24.1 Å². The number of nitrogens with zero attached hydrogens (tertiary/aromatic N) is 3. The van der Waals surface area contributed by atoms with Crippen molar-refractivity contribution in [2.45, 2.75) is 4.90 Å². The van der Waals surface area contributed by atoms with Crippen LogP contribution in [0.3, 0.4) is 0 Å². The van der Waals surface area contributed by atoms with Crippen molar-refractivity contribution in [1.29, 1.82) is 0 Å². The van der Waals surface area contributed by atoms with Gasteiger partial charge in [-0.15, -0.1) is 0 Å². The predicted octanol–water partition coefficient (Wildman–Crippen LogP) is 0.477. The number of nitrogens with two attached hydrogens (primary N) is 1. The number of hydrogen-bond acceptors (Lipinski definition) is 5. The van der Waals surface area contributed by atoms with E-state index in [9.17, 15) is 13.2 Å². The second-order valence-corrected chi connectivity index (χ2v) is 6.23. The second-order valence-electron chi connectivity index (χ2n) is 3.85. The van der Waals surface area contributed by atoms with Crippen molar-refractivity contribution in [3.05, 3.63) is 34.7 Å². The molecule has 2 aromatic rings. The molecular formula is C10H10BrN5O3S. The van der Waals surface area contributed by atoms with Gasteiger partial charge in [-0.2, -0.15) is 5.10 Å². The molecule has 106 valence electrons. The first-order valence-electron chi connectivity index (χ1n) is 5.27. The molecule has 0 aromatic carbocycles. The number of amides is 1. The first kappa shape index (κ1) is 14.6. The highest BCUT2D eigenvalue weighted by Gasteiger charge is 2.21. The molecule has 8 nitrogen and oxygen atoms in total. The number of aromatic nitrogens is 3. The standard InChI is InChI=1S/C10H10BrN5O3S/c1-16-5-7(20(12,18)19)9(15-16)14-10(17)8-6(11)3-2-4-13-8/h2-5H,1H3,(H2,12,18,19)(H,14,15,17). The van der Waals surface area contributed by atoms with E-state index in [0.717, 1.165) is 0 Å². The fourth-order valence-corrected chi connectivity index (χ4v) is 2.58. The van der Waals surface area contributed by atoms with E-state index in [4.69, 9.17) is 5.14 Å². The van der Waals surface area contributed by atoms with Crippen molar-refractivity contribution in [2.24, 2.45) is 12.2 Å². The molecule has 0 radical (unpaired) electrons. The number of carbonyl (C=O) groups excluding carboxylic acids is 1. The number of rotatable bonds is 3. The molecule has 1 amide bonds. The van der Waals surface area contributed by atoms with Gasteiger partial charge in [-0.25, -0.2) is 18.5 Å². The maximum absolute atomic E-state index is 12.0. The first-order valence-corrected chi connectivity index (χ1v) is 7.61. The number of hydrogen-bond donors (Lipinski definition) is 2. The van der Waals surface area contributed by atoms with Gasteiger partial charge in [-0.1, -0.05) is 0 Å². The molecule has 10 heteroatoms. The number of sulfonamides is 1. The van der Waals surface area contributed by atoms with Crippen LogP contribution in [0.15, 0.2) is 33.9 Å². The quantitative estimate of drug-likeness (QED) is 0.825. The first-order chi connectivity index (χ1) is 9.29. The van der Waals surface area contributed by atoms with Crippen molar-refractivity contribution < 1.29 is 13.2 Å². The zero-order valence-corrected chi connectivity index (χ0v) is 12.6. The third kappa shape index (κ3) is 3.03. The zero-order chi connectivity index (χ0) is 14.9. The fourth-order valence-electron chi connectivity index (χ4n) is 1.48. The summed E-state index contributed by atoms with van der Waals surface area (Å²) in [5.41, 5.74) is 0.110. The van der Waals surface area contributed by atoms with Crippen LogP contribution < -0.4 is 10.5 Å². The Morgan fingerprint density at radius 2 is 2.20 bits per heavy atom. The third-order valence-electron chi connectivity index (χ3n) is 2.31. The number of carbonyl (C=O) groups is 1. The zero-order valence-electron chi connectivity index (χ0n) is 10.2. The summed E-state index contributed by atoms with van der Waals surface area (Å²) in [6, 6.07) is 3.29. The topological polar surface area (TPSA) is 120 Å². The molecule has 0 fully saturated rings. The van der Waals surface area contributed by atoms with Crippen LogP contribution in [0.5, 0.6) is 0 Å². The average molecular weight is 360 g/mol. The van der Waals surface area contributed by atoms with Crippen LogP contribution in [0.4, 0.5) is 5.82 Å². The van der Waals surface area contributed by atoms with E-state index >= 15 is 0 Å². The number of anilines is 1. The summed E-state index contributed by atoms with van der Waals surface area (Å²) in [5.74, 6) is -0.737. The Morgan fingerprint density at radius 1 is 1.50 bits per heavy atom. The summed E-state index contributed by atoms with van der Waals surface area (Å²) in [5, 5.41) is 11.3. The smallest absolute Gasteiger partial charge is 0.276 e. The maximum Gasteiger partial charge on any atom is 0.276 e. The lowest BCUT2D eigenvalue weighted by molar-refractivity contribution is 0.102. The lowest BCUT2D eigenvalue weighted by Gasteiger charge is -2.04. The SMILES string of the molecule is Cn1cc(S(N)(=O)=O)c(NC(=O)c2ncccc2Br)n1. The number of primary sulfonamides is 1. The summed E-state index contributed by atoms with van der Waals surface area (Å²) in [4.78, 5) is 15.7. The Morgan fingerprint density at radius 3 is 2.80 bits per heavy atom. The molecule has 2 rings (SSSR count). The summed E-state index contributed by atoms with van der Waals surface area (Å²) in [6.07, 6.45) is 2.65. The van der Waals surface area contributed by atoms with Crippen LogP contribution >= 0.6 is 15.9 Å². The highest BCUT2D eigenvalue weighted by atomic mass is 79.9. The molecule has 0 unspecified atom stereocenters. The molecule has 0 atom stereocenters. The minimum Gasteiger partial charge on any atom is -0.303 e. The van der Waals surface area contributed by atoms with Gasteiger partial charge in [0.2, 0.25) is 10.0 Å². The molecule has 0 spiro atoms. The molecule has 0 aliphatic rings. The average Bonchev–Trinajstić information content (AvgIpc) is 2.70. The van der Waals surface area contributed by atoms with Crippen LogP contribution in [0.1, 0.15) is 10.5 Å². The Bertz CT molecular complexity index is 771. The molecule has 2 heterocycles. The van der Waals surface area contributed by atoms with Crippen molar-refractivity contribution in [1.82, 2.24) is 14.8 Å². The molecule has 0 bridgehead atoms. The molecule has 20 heavy (non-hydrogen) atoms. The summed E-state index contributed by atoms with van der Waals surface area (Å²) in [6.45, 7) is 0. The van der Waals surface area contributed by atoms with Crippen LogP contribution in [0.2, 0.25) is 0 Å². The molecular weight excluding hydrogens is 350 g/mol. The lowest BCUT2D eigenvalue weighted by Crippen LogP contribution is -2.18. The van der Waals surface area contributed by atoms with Crippen molar-refractivity contribution in [3.63, 3.8) is 0 Å². The molecule has 2 aromatic heterocycles. The van der Waals surface area contributed by atoms with E-state index in [0.29, 0.717) is 4.47 Å². The van der Waals surface area contributed by atoms with Crippen molar-refractivity contribution in [2.75, 3.05) is 5.32 Å². The van der Waals surface area contributed by atoms with Crippen LogP contribution in [0, 0.1) is 0 Å². The highest BCUT2D eigenvalue weighted by molar-refractivity contribution is 9.10. The van der Waals surface area contributed by atoms with E-state index < -0.39 is 15.9 Å². The Hall–Kier alpha value is -1.78. The van der Waals surface area contributed by atoms with E-state index in [-0.39, 0.29) is 16.4 Å². The Kier molecular flexibility index (Phi) is 3.88. The van der Waals surface area contributed by atoms with Crippen LogP contribution in [-0.2, 0) is 17.1 Å². The van der Waals surface area contributed by atoms with Gasteiger partial charge in [0.25, 0.3) is 5.91 Å². The number of nitrogens with one attached hydrogen (secondary N) is 1. The second kappa shape index (κ2) is 5.31. The fraction of sp³-hybridized carbons (Fsp3) is 0.100. The summed E-state index contributed by atoms with van der Waals surface area (Å²) in [7, 11) is -2.47. The minimum atomic E-state index is -3.98. The number of pyridine rings is 1. The molecule has 0 aliphatic carbocycles. The summed E-state index contributed by atoms with van der Waals surface area (Å²) >= 11 is 3.18. The van der Waals surface area contributed by atoms with E-state index in [1.807, 2.05) is 0 Å².